The Hall–Kier alpha value is -3.84. The van der Waals surface area contributed by atoms with Gasteiger partial charge in [0.05, 0.1) is 35.1 Å². The maximum atomic E-state index is 13.9. The summed E-state index contributed by atoms with van der Waals surface area (Å²) in [5, 5.41) is 13.1. The number of pyridine rings is 3. The molecule has 1 aliphatic rings. The van der Waals surface area contributed by atoms with Crippen molar-refractivity contribution in [1.29, 1.82) is 0 Å². The van der Waals surface area contributed by atoms with Gasteiger partial charge < -0.3 is 10.4 Å². The van der Waals surface area contributed by atoms with Crippen LogP contribution in [-0.4, -0.2) is 32.3 Å². The van der Waals surface area contributed by atoms with Crippen molar-refractivity contribution >= 4 is 27.5 Å². The summed E-state index contributed by atoms with van der Waals surface area (Å²) in [4.78, 5) is 22.0. The number of nitrogens with zero attached hydrogens (tertiary/aromatic N) is 3. The summed E-state index contributed by atoms with van der Waals surface area (Å²) in [6, 6.07) is 12.6. The molecule has 0 radical (unpaired) electrons. The summed E-state index contributed by atoms with van der Waals surface area (Å²) < 4.78 is 15.3. The largest absolute Gasteiger partial charge is 0.394 e. The second-order valence-electron chi connectivity index (χ2n) is 7.03. The average Bonchev–Trinajstić information content (AvgIpc) is 2.78. The quantitative estimate of drug-likeness (QED) is 0.517. The lowest BCUT2D eigenvalue weighted by molar-refractivity contribution is 0.272. The van der Waals surface area contributed by atoms with Gasteiger partial charge in [0.15, 0.2) is 0 Å². The molecule has 30 heavy (non-hydrogen) atoms. The molecule has 4 aromatic rings. The van der Waals surface area contributed by atoms with Crippen molar-refractivity contribution in [2.45, 2.75) is 6.04 Å². The minimum atomic E-state index is -0.426. The van der Waals surface area contributed by atoms with E-state index in [2.05, 4.69) is 10.3 Å². The Labute approximate surface area is 170 Å². The normalized spacial score (nSPS) is 15.9. The summed E-state index contributed by atoms with van der Waals surface area (Å²) in [5.74, 6) is -0.426. The number of halogens is 1. The van der Waals surface area contributed by atoms with E-state index in [-0.39, 0.29) is 18.2 Å². The Kier molecular flexibility index (Phi) is 4.37. The van der Waals surface area contributed by atoms with Gasteiger partial charge in [0, 0.05) is 29.4 Å². The zero-order valence-electron chi connectivity index (χ0n) is 15.8. The Morgan fingerprint density at radius 3 is 2.83 bits per heavy atom. The van der Waals surface area contributed by atoms with Gasteiger partial charge in [0.25, 0.3) is 5.56 Å². The molecular weight excluding hydrogens is 383 g/mol. The standard InChI is InChI=1S/C23H17FN4O2/c24-16-2-1-3-18(10-16)28-21(30)9-5-15-12-26-20-8-7-19(27-22(20)23(15)28)14-4-6-17(13-29)25-11-14/h1-12,17,25,29H,13H2. The van der Waals surface area contributed by atoms with Gasteiger partial charge in [-0.25, -0.2) is 9.37 Å². The Morgan fingerprint density at radius 2 is 2.07 bits per heavy atom. The maximum Gasteiger partial charge on any atom is 0.255 e. The van der Waals surface area contributed by atoms with E-state index in [0.717, 1.165) is 11.0 Å². The Bertz CT molecular complexity index is 1410. The van der Waals surface area contributed by atoms with E-state index in [1.54, 1.807) is 30.6 Å². The number of hydrogen-bond acceptors (Lipinski definition) is 5. The molecule has 1 aliphatic heterocycles. The van der Waals surface area contributed by atoms with Crippen molar-refractivity contribution in [2.24, 2.45) is 0 Å². The molecule has 0 aliphatic carbocycles. The second-order valence-corrected chi connectivity index (χ2v) is 7.03. The number of dihydropyridines is 1. The molecule has 0 saturated heterocycles. The number of hydrogen-bond donors (Lipinski definition) is 2. The van der Waals surface area contributed by atoms with Gasteiger partial charge >= 0.3 is 0 Å². The number of aromatic nitrogens is 3. The van der Waals surface area contributed by atoms with Crippen LogP contribution in [0.15, 0.2) is 77.9 Å². The van der Waals surface area contributed by atoms with Crippen LogP contribution >= 0.6 is 0 Å². The second kappa shape index (κ2) is 7.20. The van der Waals surface area contributed by atoms with Crippen molar-refractivity contribution in [1.82, 2.24) is 19.9 Å². The number of fused-ring (bicyclic) bond motifs is 3. The van der Waals surface area contributed by atoms with Crippen molar-refractivity contribution < 1.29 is 9.50 Å². The minimum Gasteiger partial charge on any atom is -0.394 e. The summed E-state index contributed by atoms with van der Waals surface area (Å²) in [6.45, 7) is -0.000101. The molecule has 0 fully saturated rings. The SMILES string of the molecule is O=c1ccc2cnc3ccc(C4=CNC(CO)C=C4)nc3c2n1-c1cccc(F)c1. The summed E-state index contributed by atoms with van der Waals surface area (Å²) >= 11 is 0. The van der Waals surface area contributed by atoms with Crippen LogP contribution in [0.4, 0.5) is 4.39 Å². The first kappa shape index (κ1) is 18.2. The lowest BCUT2D eigenvalue weighted by Crippen LogP contribution is -2.28. The zero-order chi connectivity index (χ0) is 20.7. The predicted octanol–water partition coefficient (Wildman–Crippen LogP) is 2.93. The Balaban J connectivity index is 1.78. The van der Waals surface area contributed by atoms with Crippen LogP contribution in [0.3, 0.4) is 0 Å². The maximum absolute atomic E-state index is 13.9. The van der Waals surface area contributed by atoms with E-state index in [0.29, 0.717) is 27.9 Å². The molecule has 3 aromatic heterocycles. The average molecular weight is 400 g/mol. The fraction of sp³-hybridized carbons (Fsp3) is 0.0870. The van der Waals surface area contributed by atoms with Crippen molar-refractivity contribution in [2.75, 3.05) is 6.61 Å². The van der Waals surface area contributed by atoms with Gasteiger partial charge in [0.2, 0.25) is 0 Å². The number of rotatable bonds is 3. The first-order valence-electron chi connectivity index (χ1n) is 9.47. The highest BCUT2D eigenvalue weighted by atomic mass is 19.1. The molecule has 7 heteroatoms. The molecule has 0 saturated carbocycles. The van der Waals surface area contributed by atoms with Crippen LogP contribution in [0.25, 0.3) is 33.2 Å². The van der Waals surface area contributed by atoms with Crippen molar-refractivity contribution in [3.05, 3.63) is 94.9 Å². The van der Waals surface area contributed by atoms with E-state index < -0.39 is 5.82 Å². The van der Waals surface area contributed by atoms with E-state index >= 15 is 0 Å². The molecule has 1 atom stereocenters. The molecule has 148 valence electrons. The molecular formula is C23H17FN4O2. The molecule has 4 heterocycles. The number of aliphatic hydroxyl groups is 1. The van der Waals surface area contributed by atoms with E-state index in [4.69, 9.17) is 4.98 Å². The fourth-order valence-corrected chi connectivity index (χ4v) is 3.60. The van der Waals surface area contributed by atoms with Gasteiger partial charge in [-0.05, 0) is 36.4 Å². The summed E-state index contributed by atoms with van der Waals surface area (Å²) in [7, 11) is 0. The van der Waals surface area contributed by atoms with Crippen LogP contribution in [0.2, 0.25) is 0 Å². The molecule has 2 N–H and O–H groups in total. The summed E-state index contributed by atoms with van der Waals surface area (Å²) in [6.07, 6.45) is 7.24. The summed E-state index contributed by atoms with van der Waals surface area (Å²) in [5.41, 5.74) is 3.43. The minimum absolute atomic E-state index is 0.000101. The fourth-order valence-electron chi connectivity index (χ4n) is 3.60. The van der Waals surface area contributed by atoms with Gasteiger partial charge in [0.1, 0.15) is 11.3 Å². The highest BCUT2D eigenvalue weighted by Gasteiger charge is 2.14. The molecule has 0 amide bonds. The van der Waals surface area contributed by atoms with Crippen molar-refractivity contribution in [3.8, 4) is 5.69 Å². The number of benzene rings is 1. The number of aliphatic hydroxyl groups excluding tert-OH is 1. The van der Waals surface area contributed by atoms with Crippen LogP contribution < -0.4 is 10.9 Å². The highest BCUT2D eigenvalue weighted by molar-refractivity contribution is 6.02. The third-order valence-corrected chi connectivity index (χ3v) is 5.08. The van der Waals surface area contributed by atoms with Gasteiger partial charge in [-0.2, -0.15) is 0 Å². The topological polar surface area (TPSA) is 80.0 Å². The lowest BCUT2D eigenvalue weighted by atomic mass is 10.1. The van der Waals surface area contributed by atoms with Crippen LogP contribution in [0.1, 0.15) is 5.69 Å². The smallest absolute Gasteiger partial charge is 0.255 e. The first-order valence-corrected chi connectivity index (χ1v) is 9.47. The van der Waals surface area contributed by atoms with Crippen molar-refractivity contribution in [3.63, 3.8) is 0 Å². The monoisotopic (exact) mass is 400 g/mol. The molecule has 6 nitrogen and oxygen atoms in total. The third kappa shape index (κ3) is 3.05. The van der Waals surface area contributed by atoms with E-state index in [1.807, 2.05) is 24.3 Å². The van der Waals surface area contributed by atoms with E-state index in [9.17, 15) is 14.3 Å². The third-order valence-electron chi connectivity index (χ3n) is 5.08. The molecule has 0 spiro atoms. The van der Waals surface area contributed by atoms with Crippen LogP contribution in [0, 0.1) is 5.82 Å². The van der Waals surface area contributed by atoms with Crippen LogP contribution in [-0.2, 0) is 0 Å². The first-order chi connectivity index (χ1) is 14.6. The zero-order valence-corrected chi connectivity index (χ0v) is 15.8. The van der Waals surface area contributed by atoms with E-state index in [1.165, 1.54) is 22.8 Å². The van der Waals surface area contributed by atoms with Gasteiger partial charge in [-0.1, -0.05) is 18.2 Å². The van der Waals surface area contributed by atoms with Gasteiger partial charge in [-0.15, -0.1) is 0 Å². The Morgan fingerprint density at radius 1 is 1.17 bits per heavy atom. The molecule has 5 rings (SSSR count). The molecule has 1 unspecified atom stereocenters. The highest BCUT2D eigenvalue weighted by Crippen LogP contribution is 2.26. The van der Waals surface area contributed by atoms with Gasteiger partial charge in [-0.3, -0.25) is 14.3 Å². The molecule has 0 bridgehead atoms. The van der Waals surface area contributed by atoms with Crippen LogP contribution in [0.5, 0.6) is 0 Å². The molecule has 1 aromatic carbocycles. The number of allylic oxidation sites excluding steroid dienone is 2. The lowest BCUT2D eigenvalue weighted by Gasteiger charge is -2.17. The predicted molar refractivity (Wildman–Crippen MR) is 114 cm³/mol. The number of nitrogens with one attached hydrogen (secondary N) is 1.